The average Bonchev–Trinajstić information content (AvgIpc) is 2.58. The van der Waals surface area contributed by atoms with Crippen LogP contribution in [-0.4, -0.2) is 60.7 Å². The molecule has 142 valence electrons. The number of carbonyl (C=O) groups is 3. The monoisotopic (exact) mass is 360 g/mol. The summed E-state index contributed by atoms with van der Waals surface area (Å²) in [5.74, 6) is -0.892. The van der Waals surface area contributed by atoms with Crippen molar-refractivity contribution in [3.63, 3.8) is 0 Å². The van der Waals surface area contributed by atoms with Crippen molar-refractivity contribution in [3.05, 3.63) is 29.3 Å². The first kappa shape index (κ1) is 19.9. The van der Waals surface area contributed by atoms with Gasteiger partial charge in [0.1, 0.15) is 0 Å². The van der Waals surface area contributed by atoms with Gasteiger partial charge in [0.15, 0.2) is 0 Å². The van der Waals surface area contributed by atoms with Gasteiger partial charge < -0.3 is 16.0 Å². The summed E-state index contributed by atoms with van der Waals surface area (Å²) in [5, 5.41) is 2.88. The first-order chi connectivity index (χ1) is 12.3. The number of rotatable bonds is 6. The van der Waals surface area contributed by atoms with E-state index in [1.165, 1.54) is 4.90 Å². The summed E-state index contributed by atoms with van der Waals surface area (Å²) in [4.78, 5) is 39.4. The Hall–Kier alpha value is -2.41. The van der Waals surface area contributed by atoms with Crippen molar-refractivity contribution < 1.29 is 14.4 Å². The predicted molar refractivity (Wildman–Crippen MR) is 101 cm³/mol. The maximum Gasteiger partial charge on any atom is 0.243 e. The standard InChI is InChI=1S/C19H28N4O3/c1-13-6-4-7-14(2)18(13)21-16(24)11-22(3)17(25)12-23-9-5-8-15(10-23)19(20)26/h4,6-7,15H,5,8-12H2,1-3H3,(H2,20,26)(H,21,24)/t15-/m0/s1. The van der Waals surface area contributed by atoms with Crippen molar-refractivity contribution in [2.75, 3.05) is 38.5 Å². The molecule has 0 radical (unpaired) electrons. The van der Waals surface area contributed by atoms with Crippen molar-refractivity contribution in [1.29, 1.82) is 0 Å². The van der Waals surface area contributed by atoms with Crippen molar-refractivity contribution in [2.24, 2.45) is 11.7 Å². The van der Waals surface area contributed by atoms with Crippen LogP contribution < -0.4 is 11.1 Å². The van der Waals surface area contributed by atoms with Crippen molar-refractivity contribution in [2.45, 2.75) is 26.7 Å². The molecule has 2 rings (SSSR count). The van der Waals surface area contributed by atoms with E-state index in [1.807, 2.05) is 36.9 Å². The molecule has 1 heterocycles. The molecule has 0 unspecified atom stereocenters. The molecular formula is C19H28N4O3. The van der Waals surface area contributed by atoms with Crippen LogP contribution in [0.15, 0.2) is 18.2 Å². The van der Waals surface area contributed by atoms with E-state index < -0.39 is 0 Å². The van der Waals surface area contributed by atoms with Gasteiger partial charge in [-0.05, 0) is 44.4 Å². The maximum absolute atomic E-state index is 12.4. The molecule has 7 nitrogen and oxygen atoms in total. The molecule has 0 bridgehead atoms. The number of primary amides is 1. The first-order valence-corrected chi connectivity index (χ1v) is 8.89. The number of nitrogens with zero attached hydrogens (tertiary/aromatic N) is 2. The van der Waals surface area contributed by atoms with E-state index in [-0.39, 0.29) is 36.7 Å². The summed E-state index contributed by atoms with van der Waals surface area (Å²) in [6.45, 7) is 5.31. The highest BCUT2D eigenvalue weighted by Gasteiger charge is 2.26. The number of piperidine rings is 1. The van der Waals surface area contributed by atoms with Crippen LogP contribution in [0.3, 0.4) is 0 Å². The molecule has 1 aliphatic rings. The van der Waals surface area contributed by atoms with Crippen molar-refractivity contribution >= 4 is 23.4 Å². The van der Waals surface area contributed by atoms with Gasteiger partial charge in [-0.3, -0.25) is 19.3 Å². The highest BCUT2D eigenvalue weighted by Crippen LogP contribution is 2.19. The molecule has 3 amide bonds. The summed E-state index contributed by atoms with van der Waals surface area (Å²) in [7, 11) is 1.61. The van der Waals surface area contributed by atoms with Gasteiger partial charge in [-0.15, -0.1) is 0 Å². The second-order valence-corrected chi connectivity index (χ2v) is 7.04. The zero-order valence-electron chi connectivity index (χ0n) is 15.7. The molecule has 1 aromatic carbocycles. The largest absolute Gasteiger partial charge is 0.369 e. The minimum Gasteiger partial charge on any atom is -0.369 e. The number of aryl methyl sites for hydroxylation is 2. The number of amides is 3. The topological polar surface area (TPSA) is 95.7 Å². The molecule has 1 aromatic rings. The molecule has 0 aromatic heterocycles. The van der Waals surface area contributed by atoms with Gasteiger partial charge in [-0.25, -0.2) is 0 Å². The molecule has 0 aliphatic carbocycles. The summed E-state index contributed by atoms with van der Waals surface area (Å²) >= 11 is 0. The van der Waals surface area contributed by atoms with E-state index in [0.717, 1.165) is 36.2 Å². The maximum atomic E-state index is 12.4. The van der Waals surface area contributed by atoms with E-state index in [4.69, 9.17) is 5.73 Å². The average molecular weight is 360 g/mol. The lowest BCUT2D eigenvalue weighted by atomic mass is 9.97. The van der Waals surface area contributed by atoms with Crippen molar-refractivity contribution in [3.8, 4) is 0 Å². The number of hydrogen-bond acceptors (Lipinski definition) is 4. The molecule has 1 aliphatic heterocycles. The lowest BCUT2D eigenvalue weighted by Gasteiger charge is -2.31. The molecule has 26 heavy (non-hydrogen) atoms. The second-order valence-electron chi connectivity index (χ2n) is 7.04. The number of carbonyl (C=O) groups excluding carboxylic acids is 3. The normalized spacial score (nSPS) is 17.6. The van der Waals surface area contributed by atoms with Crippen LogP contribution in [-0.2, 0) is 14.4 Å². The van der Waals surface area contributed by atoms with E-state index >= 15 is 0 Å². The Bertz CT molecular complexity index is 669. The van der Waals surface area contributed by atoms with Gasteiger partial charge in [0.05, 0.1) is 19.0 Å². The van der Waals surface area contributed by atoms with Gasteiger partial charge in [-0.2, -0.15) is 0 Å². The van der Waals surface area contributed by atoms with Gasteiger partial charge in [0, 0.05) is 19.3 Å². The van der Waals surface area contributed by atoms with E-state index in [2.05, 4.69) is 5.32 Å². The third-order valence-electron chi connectivity index (χ3n) is 4.82. The Labute approximate surface area is 154 Å². The fourth-order valence-corrected chi connectivity index (χ4v) is 3.24. The van der Waals surface area contributed by atoms with Gasteiger partial charge in [-0.1, -0.05) is 18.2 Å². The third kappa shape index (κ3) is 5.29. The van der Waals surface area contributed by atoms with E-state index in [1.54, 1.807) is 7.05 Å². The number of nitrogens with two attached hydrogens (primary N) is 1. The Morgan fingerprint density at radius 1 is 1.27 bits per heavy atom. The van der Waals surface area contributed by atoms with E-state index in [0.29, 0.717) is 6.54 Å². The summed E-state index contributed by atoms with van der Waals surface area (Å²) in [6.07, 6.45) is 1.62. The van der Waals surface area contributed by atoms with E-state index in [9.17, 15) is 14.4 Å². The Morgan fingerprint density at radius 2 is 1.92 bits per heavy atom. The minimum absolute atomic E-state index is 0.0142. The molecule has 0 saturated carbocycles. The van der Waals surface area contributed by atoms with Gasteiger partial charge in [0.2, 0.25) is 17.7 Å². The Balaban J connectivity index is 1.86. The molecule has 1 saturated heterocycles. The Morgan fingerprint density at radius 3 is 2.54 bits per heavy atom. The quantitative estimate of drug-likeness (QED) is 0.788. The van der Waals surface area contributed by atoms with Crippen LogP contribution in [0, 0.1) is 19.8 Å². The zero-order chi connectivity index (χ0) is 19.3. The summed E-state index contributed by atoms with van der Waals surface area (Å²) < 4.78 is 0. The van der Waals surface area contributed by atoms with Crippen LogP contribution in [0.25, 0.3) is 0 Å². The highest BCUT2D eigenvalue weighted by molar-refractivity contribution is 5.95. The predicted octanol–water partition coefficient (Wildman–Crippen LogP) is 0.898. The molecular weight excluding hydrogens is 332 g/mol. The minimum atomic E-state index is -0.316. The zero-order valence-corrected chi connectivity index (χ0v) is 15.7. The lowest BCUT2D eigenvalue weighted by molar-refractivity contribution is -0.135. The number of para-hydroxylation sites is 1. The fourth-order valence-electron chi connectivity index (χ4n) is 3.24. The number of likely N-dealkylation sites (tertiary alicyclic amines) is 1. The Kier molecular flexibility index (Phi) is 6.74. The third-order valence-corrected chi connectivity index (χ3v) is 4.82. The van der Waals surface area contributed by atoms with Gasteiger partial charge in [0.25, 0.3) is 0 Å². The van der Waals surface area contributed by atoms with Crippen LogP contribution in [0.1, 0.15) is 24.0 Å². The van der Waals surface area contributed by atoms with Crippen LogP contribution in [0.4, 0.5) is 5.69 Å². The summed E-state index contributed by atoms with van der Waals surface area (Å²) in [6, 6.07) is 5.81. The lowest BCUT2D eigenvalue weighted by Crippen LogP contribution is -2.47. The number of benzene rings is 1. The van der Waals surface area contributed by atoms with Crippen LogP contribution in [0.5, 0.6) is 0 Å². The highest BCUT2D eigenvalue weighted by atomic mass is 16.2. The smallest absolute Gasteiger partial charge is 0.243 e. The van der Waals surface area contributed by atoms with Gasteiger partial charge >= 0.3 is 0 Å². The molecule has 0 spiro atoms. The molecule has 1 atom stereocenters. The number of likely N-dealkylation sites (N-methyl/N-ethyl adjacent to an activating group) is 1. The van der Waals surface area contributed by atoms with Crippen molar-refractivity contribution in [1.82, 2.24) is 9.80 Å². The van der Waals surface area contributed by atoms with Crippen LogP contribution >= 0.6 is 0 Å². The molecule has 1 fully saturated rings. The number of hydrogen-bond donors (Lipinski definition) is 2. The number of nitrogens with one attached hydrogen (secondary N) is 1. The fraction of sp³-hybridized carbons (Fsp3) is 0.526. The first-order valence-electron chi connectivity index (χ1n) is 8.89. The number of anilines is 1. The SMILES string of the molecule is Cc1cccc(C)c1NC(=O)CN(C)C(=O)CN1CCC[C@H](C(N)=O)C1. The molecule has 3 N–H and O–H groups in total. The molecule has 7 heteroatoms. The second kappa shape index (κ2) is 8.80. The van der Waals surface area contributed by atoms with Crippen LogP contribution in [0.2, 0.25) is 0 Å². The summed E-state index contributed by atoms with van der Waals surface area (Å²) in [5.41, 5.74) is 8.13.